The molecule has 0 fully saturated rings. The van der Waals surface area contributed by atoms with Crippen LogP contribution in [0, 0.1) is 13.8 Å². The Balaban J connectivity index is 3.62. The number of amides is 4. The van der Waals surface area contributed by atoms with Crippen molar-refractivity contribution in [3.8, 4) is 0 Å². The third kappa shape index (κ3) is 11.5. The van der Waals surface area contributed by atoms with Crippen molar-refractivity contribution in [2.45, 2.75) is 118 Å². The molecule has 0 heterocycles. The van der Waals surface area contributed by atoms with E-state index in [0.717, 1.165) is 24.0 Å². The summed E-state index contributed by atoms with van der Waals surface area (Å²) in [6.45, 7) is 17.0. The van der Waals surface area contributed by atoms with Crippen molar-refractivity contribution in [2.24, 2.45) is 5.73 Å². The molecule has 0 bridgehead atoms. The predicted octanol–water partition coefficient (Wildman–Crippen LogP) is 4.44. The van der Waals surface area contributed by atoms with E-state index in [2.05, 4.69) is 17.6 Å². The molecule has 0 saturated heterocycles. The van der Waals surface area contributed by atoms with Gasteiger partial charge in [0, 0.05) is 18.5 Å². The standard InChI is InChI=1S/C29H48N4O5/c1-10-11-12-17-33(26(36)22(15-16-23(30)34)31-27(37)38-29(7,8)9)24(25(35)32-28(4,5)6)21-18-19(2)13-14-20(21)3/h13-14,18,22,24H,10-12,15-17H2,1-9H3,(H2,30,34)(H,31,37)(H,32,35). The molecular formula is C29H48N4O5. The molecule has 9 nitrogen and oxygen atoms in total. The average molecular weight is 533 g/mol. The number of aryl methyl sites for hydroxylation is 2. The molecule has 1 aromatic rings. The Hall–Kier alpha value is -3.10. The zero-order valence-electron chi connectivity index (χ0n) is 24.7. The molecule has 0 aliphatic rings. The highest BCUT2D eigenvalue weighted by atomic mass is 16.6. The van der Waals surface area contributed by atoms with Gasteiger partial charge in [0.15, 0.2) is 0 Å². The van der Waals surface area contributed by atoms with Crippen LogP contribution in [-0.4, -0.2) is 52.4 Å². The van der Waals surface area contributed by atoms with E-state index in [1.54, 1.807) is 20.8 Å². The summed E-state index contributed by atoms with van der Waals surface area (Å²) >= 11 is 0. The van der Waals surface area contributed by atoms with Gasteiger partial charge in [0.1, 0.15) is 17.7 Å². The van der Waals surface area contributed by atoms with Crippen molar-refractivity contribution >= 4 is 23.8 Å². The van der Waals surface area contributed by atoms with E-state index < -0.39 is 41.1 Å². The molecule has 2 atom stereocenters. The fraction of sp³-hybridized carbons (Fsp3) is 0.655. The zero-order valence-corrected chi connectivity index (χ0v) is 24.7. The number of alkyl carbamates (subject to hydrolysis) is 1. The van der Waals surface area contributed by atoms with E-state index in [0.29, 0.717) is 18.5 Å². The molecule has 4 N–H and O–H groups in total. The molecular weight excluding hydrogens is 484 g/mol. The van der Waals surface area contributed by atoms with Crippen molar-refractivity contribution in [2.75, 3.05) is 6.54 Å². The first kappa shape index (κ1) is 32.9. The molecule has 0 radical (unpaired) electrons. The number of nitrogens with zero attached hydrogens (tertiary/aromatic N) is 1. The number of nitrogens with two attached hydrogens (primary N) is 1. The summed E-state index contributed by atoms with van der Waals surface area (Å²) in [5, 5.41) is 5.66. The molecule has 0 aliphatic carbocycles. The Labute approximate surface area is 228 Å². The summed E-state index contributed by atoms with van der Waals surface area (Å²) in [4.78, 5) is 53.8. The maximum atomic E-state index is 14.2. The minimum atomic E-state index is -1.10. The molecule has 0 aliphatic heterocycles. The topological polar surface area (TPSA) is 131 Å². The number of nitrogens with one attached hydrogen (secondary N) is 2. The maximum absolute atomic E-state index is 14.2. The number of carbonyl (C=O) groups excluding carboxylic acids is 4. The van der Waals surface area contributed by atoms with Crippen molar-refractivity contribution in [1.29, 1.82) is 0 Å². The van der Waals surface area contributed by atoms with Crippen LogP contribution in [-0.2, 0) is 19.1 Å². The van der Waals surface area contributed by atoms with E-state index in [1.807, 2.05) is 52.8 Å². The quantitative estimate of drug-likeness (QED) is 0.343. The summed E-state index contributed by atoms with van der Waals surface area (Å²) in [7, 11) is 0. The lowest BCUT2D eigenvalue weighted by Crippen LogP contribution is -2.55. The molecule has 214 valence electrons. The fourth-order valence-electron chi connectivity index (χ4n) is 4.04. The first-order valence-electron chi connectivity index (χ1n) is 13.4. The second-order valence-electron chi connectivity index (χ2n) is 11.9. The lowest BCUT2D eigenvalue weighted by molar-refractivity contribution is -0.143. The molecule has 0 aromatic heterocycles. The Morgan fingerprint density at radius 1 is 1.03 bits per heavy atom. The lowest BCUT2D eigenvalue weighted by Gasteiger charge is -2.36. The highest BCUT2D eigenvalue weighted by Crippen LogP contribution is 2.28. The summed E-state index contributed by atoms with van der Waals surface area (Å²) in [6.07, 6.45) is 1.54. The number of unbranched alkanes of at least 4 members (excludes halogenated alkanes) is 2. The van der Waals surface area contributed by atoms with Gasteiger partial charge in [-0.2, -0.15) is 0 Å². The molecule has 1 rings (SSSR count). The third-order valence-electron chi connectivity index (χ3n) is 5.74. The normalized spacial score (nSPS) is 13.3. The molecule has 0 spiro atoms. The smallest absolute Gasteiger partial charge is 0.408 e. The maximum Gasteiger partial charge on any atom is 0.408 e. The SMILES string of the molecule is CCCCCN(C(=O)C(CCC(N)=O)NC(=O)OC(C)(C)C)C(C(=O)NC(C)(C)C)c1cc(C)ccc1C. The number of hydrogen-bond donors (Lipinski definition) is 3. The fourth-order valence-corrected chi connectivity index (χ4v) is 4.04. The van der Waals surface area contributed by atoms with Crippen molar-refractivity contribution < 1.29 is 23.9 Å². The molecule has 0 saturated carbocycles. The Bertz CT molecular complexity index is 978. The third-order valence-corrected chi connectivity index (χ3v) is 5.74. The van der Waals surface area contributed by atoms with Gasteiger partial charge in [0.2, 0.25) is 17.7 Å². The van der Waals surface area contributed by atoms with Crippen LogP contribution in [0.15, 0.2) is 18.2 Å². The average Bonchev–Trinajstić information content (AvgIpc) is 2.75. The van der Waals surface area contributed by atoms with Crippen LogP contribution in [0.1, 0.15) is 103 Å². The van der Waals surface area contributed by atoms with Crippen LogP contribution in [0.3, 0.4) is 0 Å². The van der Waals surface area contributed by atoms with Crippen molar-refractivity contribution in [3.63, 3.8) is 0 Å². The molecule has 4 amide bonds. The predicted molar refractivity (Wildman–Crippen MR) is 149 cm³/mol. The van der Waals surface area contributed by atoms with Crippen LogP contribution < -0.4 is 16.4 Å². The lowest BCUT2D eigenvalue weighted by atomic mass is 9.94. The van der Waals surface area contributed by atoms with Gasteiger partial charge in [-0.3, -0.25) is 14.4 Å². The van der Waals surface area contributed by atoms with E-state index >= 15 is 0 Å². The molecule has 1 aromatic carbocycles. The van der Waals surface area contributed by atoms with Gasteiger partial charge in [0.25, 0.3) is 0 Å². The van der Waals surface area contributed by atoms with E-state index in [9.17, 15) is 19.2 Å². The summed E-state index contributed by atoms with van der Waals surface area (Å²) < 4.78 is 5.38. The Morgan fingerprint density at radius 2 is 1.66 bits per heavy atom. The minimum absolute atomic E-state index is 0.0158. The van der Waals surface area contributed by atoms with Gasteiger partial charge in [-0.15, -0.1) is 0 Å². The monoisotopic (exact) mass is 532 g/mol. The minimum Gasteiger partial charge on any atom is -0.444 e. The molecule has 38 heavy (non-hydrogen) atoms. The number of carbonyl (C=O) groups is 4. The number of ether oxygens (including phenoxy) is 1. The summed E-state index contributed by atoms with van der Waals surface area (Å²) in [5.74, 6) is -1.38. The largest absolute Gasteiger partial charge is 0.444 e. The van der Waals surface area contributed by atoms with Gasteiger partial charge in [0.05, 0.1) is 0 Å². The summed E-state index contributed by atoms with van der Waals surface area (Å²) in [6, 6.07) is 3.77. The number of primary amides is 1. The van der Waals surface area contributed by atoms with Crippen LogP contribution in [0.2, 0.25) is 0 Å². The van der Waals surface area contributed by atoms with Gasteiger partial charge < -0.3 is 26.0 Å². The highest BCUT2D eigenvalue weighted by molar-refractivity contribution is 5.93. The van der Waals surface area contributed by atoms with Gasteiger partial charge in [-0.25, -0.2) is 4.79 Å². The first-order chi connectivity index (χ1) is 17.4. The second kappa shape index (κ2) is 14.2. The van der Waals surface area contributed by atoms with Crippen LogP contribution in [0.25, 0.3) is 0 Å². The van der Waals surface area contributed by atoms with Crippen LogP contribution in [0.5, 0.6) is 0 Å². The second-order valence-corrected chi connectivity index (χ2v) is 11.9. The number of hydrogen-bond acceptors (Lipinski definition) is 5. The number of rotatable bonds is 12. The van der Waals surface area contributed by atoms with Crippen molar-refractivity contribution in [1.82, 2.24) is 15.5 Å². The van der Waals surface area contributed by atoms with Crippen molar-refractivity contribution in [3.05, 3.63) is 34.9 Å². The van der Waals surface area contributed by atoms with Gasteiger partial charge >= 0.3 is 6.09 Å². The first-order valence-corrected chi connectivity index (χ1v) is 13.4. The van der Waals surface area contributed by atoms with E-state index in [-0.39, 0.29) is 18.7 Å². The van der Waals surface area contributed by atoms with Crippen LogP contribution >= 0.6 is 0 Å². The van der Waals surface area contributed by atoms with E-state index in [4.69, 9.17) is 10.5 Å². The Kier molecular flexibility index (Phi) is 12.3. The van der Waals surface area contributed by atoms with E-state index in [1.165, 1.54) is 4.90 Å². The van der Waals surface area contributed by atoms with Crippen LogP contribution in [0.4, 0.5) is 4.79 Å². The number of benzene rings is 1. The highest BCUT2D eigenvalue weighted by Gasteiger charge is 2.37. The Morgan fingerprint density at radius 3 is 2.18 bits per heavy atom. The summed E-state index contributed by atoms with van der Waals surface area (Å²) in [5.41, 5.74) is 6.60. The molecule has 2 unspecified atom stereocenters. The van der Waals surface area contributed by atoms with Gasteiger partial charge in [-0.05, 0) is 79.4 Å². The molecule has 9 heteroatoms. The van der Waals surface area contributed by atoms with Gasteiger partial charge in [-0.1, -0.05) is 43.5 Å². The zero-order chi connectivity index (χ0) is 29.3.